The zero-order valence-electron chi connectivity index (χ0n) is 15.0. The molecule has 25 heavy (non-hydrogen) atoms. The molecular weight excluding hydrogens is 316 g/mol. The van der Waals surface area contributed by atoms with Gasteiger partial charge in [-0.05, 0) is 36.8 Å². The predicted molar refractivity (Wildman–Crippen MR) is 95.4 cm³/mol. The maximum absolute atomic E-state index is 12.7. The molecule has 0 radical (unpaired) electrons. The highest BCUT2D eigenvalue weighted by molar-refractivity contribution is 5.76. The number of hydrogen-bond acceptors (Lipinski definition) is 4. The number of aromatic nitrogens is 3. The molecule has 0 bridgehead atoms. The number of methoxy groups -OCH3 is 1. The number of likely N-dealkylation sites (tertiary alicyclic amines) is 1. The molecule has 1 aromatic heterocycles. The van der Waals surface area contributed by atoms with E-state index in [1.807, 2.05) is 27.8 Å². The number of piperidine rings is 1. The summed E-state index contributed by atoms with van der Waals surface area (Å²) in [6.45, 7) is 3.69. The molecule has 0 unspecified atom stereocenters. The number of carbonyl (C=O) groups excluding carboxylic acids is 1. The highest BCUT2D eigenvalue weighted by Crippen LogP contribution is 2.24. The van der Waals surface area contributed by atoms with Crippen molar-refractivity contribution in [3.05, 3.63) is 42.5 Å². The van der Waals surface area contributed by atoms with E-state index >= 15 is 0 Å². The van der Waals surface area contributed by atoms with E-state index in [0.717, 1.165) is 43.7 Å². The summed E-state index contributed by atoms with van der Waals surface area (Å²) >= 11 is 0. The van der Waals surface area contributed by atoms with Gasteiger partial charge in [0.1, 0.15) is 18.4 Å². The normalized spacial score (nSPS) is 18.8. The monoisotopic (exact) mass is 342 g/mol. The Bertz CT molecular complexity index is 686. The van der Waals surface area contributed by atoms with Crippen LogP contribution in [0, 0.1) is 5.92 Å². The Labute approximate surface area is 148 Å². The van der Waals surface area contributed by atoms with Gasteiger partial charge in [-0.2, -0.15) is 5.10 Å². The fraction of sp³-hybridized carbons (Fsp3) is 0.526. The number of rotatable bonds is 6. The molecule has 0 saturated carbocycles. The van der Waals surface area contributed by atoms with E-state index < -0.39 is 0 Å². The van der Waals surface area contributed by atoms with Crippen molar-refractivity contribution in [2.45, 2.75) is 38.6 Å². The smallest absolute Gasteiger partial charge is 0.222 e. The zero-order valence-corrected chi connectivity index (χ0v) is 15.0. The van der Waals surface area contributed by atoms with Gasteiger partial charge < -0.3 is 9.64 Å². The van der Waals surface area contributed by atoms with E-state index in [4.69, 9.17) is 4.74 Å². The molecule has 1 amide bonds. The number of ether oxygens (including phenoxy) is 1. The van der Waals surface area contributed by atoms with E-state index in [2.05, 4.69) is 23.1 Å². The number of benzene rings is 1. The molecule has 3 rings (SSSR count). The van der Waals surface area contributed by atoms with E-state index in [9.17, 15) is 4.79 Å². The minimum Gasteiger partial charge on any atom is -0.496 e. The Hall–Kier alpha value is -2.37. The van der Waals surface area contributed by atoms with Gasteiger partial charge in [-0.15, -0.1) is 0 Å². The fourth-order valence-electron chi connectivity index (χ4n) is 3.55. The third-order valence-corrected chi connectivity index (χ3v) is 4.84. The van der Waals surface area contributed by atoms with Crippen LogP contribution in [0.4, 0.5) is 0 Å². The number of amides is 1. The summed E-state index contributed by atoms with van der Waals surface area (Å²) in [5.41, 5.74) is 1.16. The van der Waals surface area contributed by atoms with Gasteiger partial charge >= 0.3 is 0 Å². The van der Waals surface area contributed by atoms with E-state index in [1.165, 1.54) is 0 Å². The first-order valence-corrected chi connectivity index (χ1v) is 8.91. The molecule has 0 aliphatic carbocycles. The SMILES string of the molecule is COc1ccccc1C[C@@H](C)CC(=O)N1CCC[C@H](n2cncn2)C1. The maximum Gasteiger partial charge on any atom is 0.222 e. The number of carbonyl (C=O) groups is 1. The third kappa shape index (κ3) is 4.38. The Morgan fingerprint density at radius 1 is 1.40 bits per heavy atom. The summed E-state index contributed by atoms with van der Waals surface area (Å²) < 4.78 is 7.28. The molecule has 1 aliphatic rings. The summed E-state index contributed by atoms with van der Waals surface area (Å²) in [6.07, 6.45) is 6.75. The lowest BCUT2D eigenvalue weighted by Gasteiger charge is -2.33. The second-order valence-corrected chi connectivity index (χ2v) is 6.84. The van der Waals surface area contributed by atoms with Crippen LogP contribution >= 0.6 is 0 Å². The van der Waals surface area contributed by atoms with Crippen molar-refractivity contribution in [2.24, 2.45) is 5.92 Å². The van der Waals surface area contributed by atoms with Gasteiger partial charge in [0.15, 0.2) is 0 Å². The van der Waals surface area contributed by atoms with Crippen molar-refractivity contribution < 1.29 is 9.53 Å². The molecule has 1 saturated heterocycles. The van der Waals surface area contributed by atoms with Crippen LogP contribution in [0.5, 0.6) is 5.75 Å². The van der Waals surface area contributed by atoms with Crippen LogP contribution in [-0.2, 0) is 11.2 Å². The molecule has 2 atom stereocenters. The molecule has 1 aliphatic heterocycles. The quantitative estimate of drug-likeness (QED) is 0.810. The lowest BCUT2D eigenvalue weighted by atomic mass is 9.96. The van der Waals surface area contributed by atoms with Crippen molar-refractivity contribution in [1.29, 1.82) is 0 Å². The number of nitrogens with zero attached hydrogens (tertiary/aromatic N) is 4. The number of hydrogen-bond donors (Lipinski definition) is 0. The van der Waals surface area contributed by atoms with Crippen molar-refractivity contribution >= 4 is 5.91 Å². The van der Waals surface area contributed by atoms with Crippen molar-refractivity contribution in [2.75, 3.05) is 20.2 Å². The summed E-state index contributed by atoms with van der Waals surface area (Å²) in [5, 5.41) is 4.22. The molecule has 2 heterocycles. The minimum absolute atomic E-state index is 0.229. The van der Waals surface area contributed by atoms with E-state index in [0.29, 0.717) is 6.42 Å². The highest BCUT2D eigenvalue weighted by Gasteiger charge is 2.26. The van der Waals surface area contributed by atoms with E-state index in [-0.39, 0.29) is 17.9 Å². The van der Waals surface area contributed by atoms with Crippen LogP contribution in [0.3, 0.4) is 0 Å². The van der Waals surface area contributed by atoms with Gasteiger partial charge in [-0.25, -0.2) is 9.67 Å². The first-order valence-electron chi connectivity index (χ1n) is 8.91. The van der Waals surface area contributed by atoms with Crippen LogP contribution < -0.4 is 4.74 Å². The molecule has 134 valence electrons. The standard InChI is InChI=1S/C19H26N4O2/c1-15(10-16-6-3-4-8-18(16)25-2)11-19(24)22-9-5-7-17(12-22)23-14-20-13-21-23/h3-4,6,8,13-15,17H,5,7,9-12H2,1-2H3/t15-,17+/m1/s1. The topological polar surface area (TPSA) is 60.2 Å². The zero-order chi connectivity index (χ0) is 17.6. The van der Waals surface area contributed by atoms with Crippen molar-refractivity contribution in [3.8, 4) is 5.75 Å². The summed E-state index contributed by atoms with van der Waals surface area (Å²) in [4.78, 5) is 18.7. The minimum atomic E-state index is 0.229. The summed E-state index contributed by atoms with van der Waals surface area (Å²) in [6, 6.07) is 8.26. The predicted octanol–water partition coefficient (Wildman–Crippen LogP) is 2.72. The van der Waals surface area contributed by atoms with Crippen LogP contribution in [-0.4, -0.2) is 45.8 Å². The molecule has 1 fully saturated rings. The van der Waals surface area contributed by atoms with Crippen molar-refractivity contribution in [1.82, 2.24) is 19.7 Å². The van der Waals surface area contributed by atoms with Gasteiger partial charge in [0, 0.05) is 19.5 Å². The average Bonchev–Trinajstić information content (AvgIpc) is 3.17. The number of para-hydroxylation sites is 1. The van der Waals surface area contributed by atoms with Gasteiger partial charge in [-0.3, -0.25) is 4.79 Å². The second-order valence-electron chi connectivity index (χ2n) is 6.84. The van der Waals surface area contributed by atoms with Crippen LogP contribution in [0.1, 0.15) is 37.8 Å². The fourth-order valence-corrected chi connectivity index (χ4v) is 3.55. The highest BCUT2D eigenvalue weighted by atomic mass is 16.5. The molecule has 0 spiro atoms. The first-order chi connectivity index (χ1) is 12.2. The molecular formula is C19H26N4O2. The Balaban J connectivity index is 1.56. The van der Waals surface area contributed by atoms with Crippen LogP contribution in [0.2, 0.25) is 0 Å². The van der Waals surface area contributed by atoms with Crippen molar-refractivity contribution in [3.63, 3.8) is 0 Å². The molecule has 0 N–H and O–H groups in total. The van der Waals surface area contributed by atoms with E-state index in [1.54, 1.807) is 19.8 Å². The largest absolute Gasteiger partial charge is 0.496 e. The molecule has 6 nitrogen and oxygen atoms in total. The van der Waals surface area contributed by atoms with Gasteiger partial charge in [0.05, 0.1) is 13.2 Å². The second kappa shape index (κ2) is 8.14. The molecule has 1 aromatic carbocycles. The Morgan fingerprint density at radius 3 is 3.00 bits per heavy atom. The Kier molecular flexibility index (Phi) is 5.68. The van der Waals surface area contributed by atoms with Crippen LogP contribution in [0.15, 0.2) is 36.9 Å². The summed E-state index contributed by atoms with van der Waals surface area (Å²) in [5.74, 6) is 1.40. The van der Waals surface area contributed by atoms with Gasteiger partial charge in [0.25, 0.3) is 0 Å². The maximum atomic E-state index is 12.7. The molecule has 2 aromatic rings. The summed E-state index contributed by atoms with van der Waals surface area (Å²) in [7, 11) is 1.69. The molecule has 6 heteroatoms. The lowest BCUT2D eigenvalue weighted by Crippen LogP contribution is -2.41. The van der Waals surface area contributed by atoms with Crippen LogP contribution in [0.25, 0.3) is 0 Å². The first kappa shape index (κ1) is 17.5. The average molecular weight is 342 g/mol. The van der Waals surface area contributed by atoms with Gasteiger partial charge in [0.2, 0.25) is 5.91 Å². The third-order valence-electron chi connectivity index (χ3n) is 4.84. The lowest BCUT2D eigenvalue weighted by molar-refractivity contribution is -0.133. The Morgan fingerprint density at radius 2 is 2.24 bits per heavy atom. The van der Waals surface area contributed by atoms with Gasteiger partial charge in [-0.1, -0.05) is 25.1 Å².